The molecule has 16 heavy (non-hydrogen) atoms. The van der Waals surface area contributed by atoms with E-state index < -0.39 is 0 Å². The molecule has 3 rings (SSSR count). The lowest BCUT2D eigenvalue weighted by atomic mass is 9.99. The van der Waals surface area contributed by atoms with Crippen molar-refractivity contribution in [3.63, 3.8) is 0 Å². The van der Waals surface area contributed by atoms with Crippen molar-refractivity contribution >= 4 is 5.57 Å². The Balaban J connectivity index is 1.83. The summed E-state index contributed by atoms with van der Waals surface area (Å²) in [6, 6.07) is 9.48. The molecule has 1 atom stereocenters. The van der Waals surface area contributed by atoms with Gasteiger partial charge in [-0.05, 0) is 48.9 Å². The largest absolute Gasteiger partial charge is 0.310 e. The lowest BCUT2D eigenvalue weighted by Gasteiger charge is -2.21. The maximum Gasteiger partial charge on any atom is 0.0255 e. The maximum atomic E-state index is 3.60. The summed E-state index contributed by atoms with van der Waals surface area (Å²) < 4.78 is 0. The maximum absolute atomic E-state index is 3.60. The van der Waals surface area contributed by atoms with Gasteiger partial charge in [0.25, 0.3) is 0 Å². The average molecular weight is 213 g/mol. The molecule has 1 aliphatic carbocycles. The second-order valence-electron chi connectivity index (χ2n) is 4.91. The Morgan fingerprint density at radius 2 is 2.06 bits per heavy atom. The van der Waals surface area contributed by atoms with E-state index in [0.29, 0.717) is 6.04 Å². The van der Waals surface area contributed by atoms with Gasteiger partial charge in [-0.25, -0.2) is 0 Å². The fraction of sp³-hybridized carbons (Fsp3) is 0.467. The van der Waals surface area contributed by atoms with Crippen LogP contribution in [-0.2, 0) is 6.42 Å². The van der Waals surface area contributed by atoms with E-state index in [0.717, 1.165) is 0 Å². The molecule has 1 fully saturated rings. The molecule has 0 spiro atoms. The molecule has 1 unspecified atom stereocenters. The number of rotatable bonds is 1. The summed E-state index contributed by atoms with van der Waals surface area (Å²) in [5.74, 6) is 0. The van der Waals surface area contributed by atoms with Crippen LogP contribution in [0.1, 0.15) is 36.8 Å². The average Bonchev–Trinajstić information content (AvgIpc) is 2.74. The Bertz CT molecular complexity index is 400. The third kappa shape index (κ3) is 1.92. The Hall–Kier alpha value is -1.08. The lowest BCUT2D eigenvalue weighted by molar-refractivity contribution is 0.455. The van der Waals surface area contributed by atoms with Crippen LogP contribution in [0.25, 0.3) is 5.57 Å². The fourth-order valence-electron chi connectivity index (χ4n) is 2.89. The number of nitrogens with one attached hydrogen (secondary N) is 1. The van der Waals surface area contributed by atoms with E-state index in [9.17, 15) is 0 Å². The fourth-order valence-corrected chi connectivity index (χ4v) is 2.89. The summed E-state index contributed by atoms with van der Waals surface area (Å²) in [5, 5.41) is 3.60. The smallest absolute Gasteiger partial charge is 0.0255 e. The summed E-state index contributed by atoms with van der Waals surface area (Å²) in [6.07, 6.45) is 8.97. The second kappa shape index (κ2) is 4.42. The van der Waals surface area contributed by atoms with Crippen molar-refractivity contribution in [3.05, 3.63) is 41.5 Å². The predicted molar refractivity (Wildman–Crippen MR) is 68.4 cm³/mol. The predicted octanol–water partition coefficient (Wildman–Crippen LogP) is 3.16. The van der Waals surface area contributed by atoms with E-state index in [2.05, 4.69) is 35.7 Å². The normalized spacial score (nSPS) is 27.0. The van der Waals surface area contributed by atoms with Gasteiger partial charge >= 0.3 is 0 Å². The third-order valence-electron chi connectivity index (χ3n) is 3.78. The summed E-state index contributed by atoms with van der Waals surface area (Å²) in [6.45, 7) is 1.19. The Morgan fingerprint density at radius 1 is 1.12 bits per heavy atom. The molecule has 0 aromatic heterocycles. The molecule has 1 N–H and O–H groups in total. The van der Waals surface area contributed by atoms with Gasteiger partial charge in [-0.2, -0.15) is 0 Å². The molecule has 0 radical (unpaired) electrons. The topological polar surface area (TPSA) is 12.0 Å². The Labute approximate surface area is 97.6 Å². The Morgan fingerprint density at radius 3 is 2.94 bits per heavy atom. The molecule has 1 nitrogen and oxygen atoms in total. The summed E-state index contributed by atoms with van der Waals surface area (Å²) in [7, 11) is 0. The summed E-state index contributed by atoms with van der Waals surface area (Å²) >= 11 is 0. The molecule has 2 aliphatic rings. The second-order valence-corrected chi connectivity index (χ2v) is 4.91. The van der Waals surface area contributed by atoms with Crippen LogP contribution < -0.4 is 5.32 Å². The first-order chi connectivity index (χ1) is 7.93. The molecule has 1 heterocycles. The first-order valence-electron chi connectivity index (χ1n) is 6.46. The van der Waals surface area contributed by atoms with Crippen LogP contribution in [0.2, 0.25) is 0 Å². The molecular formula is C15H19N. The molecule has 1 aliphatic heterocycles. The highest BCUT2D eigenvalue weighted by Crippen LogP contribution is 2.32. The van der Waals surface area contributed by atoms with Gasteiger partial charge in [0.05, 0.1) is 0 Å². The molecule has 1 saturated heterocycles. The third-order valence-corrected chi connectivity index (χ3v) is 3.78. The molecule has 1 aromatic carbocycles. The molecule has 84 valence electrons. The summed E-state index contributed by atoms with van der Waals surface area (Å²) in [4.78, 5) is 0. The van der Waals surface area contributed by atoms with Crippen LogP contribution in [0.5, 0.6) is 0 Å². The van der Waals surface area contributed by atoms with Crippen LogP contribution in [-0.4, -0.2) is 12.6 Å². The molecule has 1 aromatic rings. The van der Waals surface area contributed by atoms with Crippen molar-refractivity contribution in [2.24, 2.45) is 0 Å². The van der Waals surface area contributed by atoms with Crippen molar-refractivity contribution in [3.8, 4) is 0 Å². The molecule has 0 amide bonds. The van der Waals surface area contributed by atoms with Gasteiger partial charge in [-0.1, -0.05) is 36.8 Å². The number of aryl methyl sites for hydroxylation is 1. The van der Waals surface area contributed by atoms with Crippen molar-refractivity contribution in [2.75, 3.05) is 6.54 Å². The zero-order valence-corrected chi connectivity index (χ0v) is 9.71. The zero-order chi connectivity index (χ0) is 10.8. The summed E-state index contributed by atoms with van der Waals surface area (Å²) in [5.41, 5.74) is 4.59. The molecule has 1 heteroatoms. The van der Waals surface area contributed by atoms with Gasteiger partial charge in [0.2, 0.25) is 0 Å². The highest BCUT2D eigenvalue weighted by Gasteiger charge is 2.17. The van der Waals surface area contributed by atoms with E-state index in [1.807, 2.05) is 0 Å². The minimum Gasteiger partial charge on any atom is -0.310 e. The van der Waals surface area contributed by atoms with E-state index in [-0.39, 0.29) is 0 Å². The van der Waals surface area contributed by atoms with Gasteiger partial charge in [0, 0.05) is 6.04 Å². The van der Waals surface area contributed by atoms with Gasteiger partial charge in [0.15, 0.2) is 0 Å². The van der Waals surface area contributed by atoms with Gasteiger partial charge in [-0.15, -0.1) is 0 Å². The van der Waals surface area contributed by atoms with Crippen molar-refractivity contribution < 1.29 is 0 Å². The van der Waals surface area contributed by atoms with E-state index in [4.69, 9.17) is 0 Å². The minimum atomic E-state index is 0.620. The quantitative estimate of drug-likeness (QED) is 0.755. The number of fused-ring (bicyclic) bond motifs is 1. The number of hydrogen-bond acceptors (Lipinski definition) is 1. The molecule has 0 saturated carbocycles. The van der Waals surface area contributed by atoms with Crippen LogP contribution in [0.15, 0.2) is 30.3 Å². The Kier molecular flexibility index (Phi) is 2.79. The number of allylic oxidation sites excluding steroid dienone is 1. The van der Waals surface area contributed by atoms with Gasteiger partial charge in [-0.3, -0.25) is 0 Å². The van der Waals surface area contributed by atoms with Crippen LogP contribution in [0.4, 0.5) is 0 Å². The van der Waals surface area contributed by atoms with E-state index in [1.165, 1.54) is 49.8 Å². The standard InChI is InChI=1S/C15H19N/c1-2-7-15-12(5-1)8-9-13(15)11-14-6-3-4-10-16-14/h1-2,5,7,11,14,16H,3-4,6,8-10H2/b13-11-. The van der Waals surface area contributed by atoms with Crippen molar-refractivity contribution in [1.29, 1.82) is 0 Å². The SMILES string of the molecule is C(=C1\CCc2ccccc21)/C1CCCCN1. The van der Waals surface area contributed by atoms with E-state index in [1.54, 1.807) is 5.57 Å². The van der Waals surface area contributed by atoms with E-state index >= 15 is 0 Å². The lowest BCUT2D eigenvalue weighted by Crippen LogP contribution is -2.32. The zero-order valence-electron chi connectivity index (χ0n) is 9.71. The van der Waals surface area contributed by atoms with Gasteiger partial charge < -0.3 is 5.32 Å². The first kappa shape index (κ1) is 10.1. The van der Waals surface area contributed by atoms with Crippen LogP contribution >= 0.6 is 0 Å². The highest BCUT2D eigenvalue weighted by molar-refractivity contribution is 5.72. The monoisotopic (exact) mass is 213 g/mol. The first-order valence-corrected chi connectivity index (χ1v) is 6.46. The van der Waals surface area contributed by atoms with Crippen LogP contribution in [0, 0.1) is 0 Å². The molecular weight excluding hydrogens is 194 g/mol. The highest BCUT2D eigenvalue weighted by atomic mass is 14.9. The van der Waals surface area contributed by atoms with Crippen molar-refractivity contribution in [1.82, 2.24) is 5.32 Å². The molecule has 0 bridgehead atoms. The van der Waals surface area contributed by atoms with Crippen molar-refractivity contribution in [2.45, 2.75) is 38.1 Å². The number of piperidine rings is 1. The van der Waals surface area contributed by atoms with Crippen LogP contribution in [0.3, 0.4) is 0 Å². The number of benzene rings is 1. The van der Waals surface area contributed by atoms with Gasteiger partial charge in [0.1, 0.15) is 0 Å². The minimum absolute atomic E-state index is 0.620. The number of hydrogen-bond donors (Lipinski definition) is 1.